The molecule has 3 aromatic rings. The van der Waals surface area contributed by atoms with Crippen LogP contribution in [0.5, 0.6) is 5.75 Å². The van der Waals surface area contributed by atoms with Gasteiger partial charge in [-0.25, -0.2) is 0 Å². The van der Waals surface area contributed by atoms with Gasteiger partial charge in [0.2, 0.25) is 0 Å². The number of anilines is 1. The van der Waals surface area contributed by atoms with Crippen LogP contribution in [0, 0.1) is 0 Å². The second kappa shape index (κ2) is 13.6. The van der Waals surface area contributed by atoms with E-state index in [0.29, 0.717) is 10.6 Å². The van der Waals surface area contributed by atoms with E-state index in [0.717, 1.165) is 17.0 Å². The van der Waals surface area contributed by atoms with Crippen LogP contribution < -0.4 is 9.64 Å². The highest BCUT2D eigenvalue weighted by Gasteiger charge is 2.44. The third-order valence-electron chi connectivity index (χ3n) is 4.71. The van der Waals surface area contributed by atoms with Crippen molar-refractivity contribution in [2.75, 3.05) is 11.4 Å². The average molecular weight is 550 g/mol. The summed E-state index contributed by atoms with van der Waals surface area (Å²) in [5.74, 6) is -0.572. The van der Waals surface area contributed by atoms with E-state index in [2.05, 4.69) is 4.74 Å². The van der Waals surface area contributed by atoms with Gasteiger partial charge in [-0.05, 0) is 48.0 Å². The number of nitrogens with zero attached hydrogens (tertiary/aromatic N) is 1. The molecule has 0 spiro atoms. The van der Waals surface area contributed by atoms with E-state index in [1.807, 2.05) is 44.2 Å². The van der Waals surface area contributed by atoms with Crippen LogP contribution in [0.4, 0.5) is 36.4 Å². The zero-order chi connectivity index (χ0) is 27.6. The summed E-state index contributed by atoms with van der Waals surface area (Å²) >= 11 is 1.38. The largest absolute Gasteiger partial charge is 0.461 e. The molecule has 1 atom stereocenters. The van der Waals surface area contributed by atoms with Crippen LogP contribution in [0.2, 0.25) is 0 Å². The predicted molar refractivity (Wildman–Crippen MR) is 129 cm³/mol. The number of rotatable bonds is 10. The highest BCUT2D eigenvalue weighted by Crippen LogP contribution is 2.33. The van der Waals surface area contributed by atoms with E-state index < -0.39 is 37.1 Å². The molecule has 11 heteroatoms. The van der Waals surface area contributed by atoms with Crippen LogP contribution in [-0.2, 0) is 6.54 Å². The van der Waals surface area contributed by atoms with Crippen LogP contribution in [0.25, 0.3) is 0 Å². The molecule has 0 fully saturated rings. The Morgan fingerprint density at radius 2 is 1.46 bits per heavy atom. The zero-order valence-corrected chi connectivity index (χ0v) is 20.7. The van der Waals surface area contributed by atoms with Crippen LogP contribution in [0.1, 0.15) is 19.4 Å². The smallest absolute Gasteiger partial charge is 0.428 e. The lowest BCUT2D eigenvalue weighted by molar-refractivity contribution is -0.253. The number of halogens is 7. The molecule has 0 saturated heterocycles. The first-order chi connectivity index (χ1) is 17.4. The molecule has 0 aliphatic carbocycles. The summed E-state index contributed by atoms with van der Waals surface area (Å²) in [6.45, 7) is 2.91. The maximum absolute atomic E-state index is 13.3. The number of hydrogen-bond donors (Lipinski definition) is 1. The molecule has 0 saturated carbocycles. The van der Waals surface area contributed by atoms with E-state index in [4.69, 9.17) is 0 Å². The first kappa shape index (κ1) is 30.3. The molecule has 37 heavy (non-hydrogen) atoms. The van der Waals surface area contributed by atoms with Gasteiger partial charge >= 0.3 is 18.7 Å². The Hall–Kier alpha value is -2.92. The van der Waals surface area contributed by atoms with Crippen molar-refractivity contribution in [3.63, 3.8) is 0 Å². The second-order valence-corrected chi connectivity index (χ2v) is 8.61. The maximum atomic E-state index is 13.3. The topological polar surface area (TPSA) is 32.7 Å². The van der Waals surface area contributed by atoms with E-state index in [1.165, 1.54) is 28.8 Å². The molecular weight excluding hydrogens is 523 g/mol. The average Bonchev–Trinajstić information content (AvgIpc) is 2.85. The molecule has 0 aliphatic heterocycles. The molecule has 3 rings (SSSR count). The van der Waals surface area contributed by atoms with Gasteiger partial charge in [-0.1, -0.05) is 62.0 Å². The summed E-state index contributed by atoms with van der Waals surface area (Å²) in [4.78, 5) is 2.84. The molecule has 3 aromatic carbocycles. The first-order valence-corrected chi connectivity index (χ1v) is 12.0. The SMILES string of the molecule is CC.OC(CN(Cc1cccc(OC(F)(F)C(F)F)c1)c1cccc(Sc2ccccc2)c1)C(F)(F)F. The van der Waals surface area contributed by atoms with Crippen molar-refractivity contribution < 1.29 is 40.6 Å². The van der Waals surface area contributed by atoms with E-state index >= 15 is 0 Å². The lowest BCUT2D eigenvalue weighted by atomic mass is 10.1. The Balaban J connectivity index is 0.00000235. The van der Waals surface area contributed by atoms with Crippen LogP contribution in [0.15, 0.2) is 88.7 Å². The van der Waals surface area contributed by atoms with Gasteiger partial charge in [-0.3, -0.25) is 0 Å². The molecule has 0 heterocycles. The molecule has 0 aliphatic rings. The van der Waals surface area contributed by atoms with Crippen molar-refractivity contribution in [1.29, 1.82) is 0 Å². The van der Waals surface area contributed by atoms with Crippen molar-refractivity contribution in [2.45, 2.75) is 55.0 Å². The second-order valence-electron chi connectivity index (χ2n) is 7.46. The maximum Gasteiger partial charge on any atom is 0.461 e. The summed E-state index contributed by atoms with van der Waals surface area (Å²) < 4.78 is 94.9. The van der Waals surface area contributed by atoms with Gasteiger partial charge in [-0.15, -0.1) is 0 Å². The standard InChI is InChI=1S/C24H20F7NO2S.C2H6/c25-22(26)24(30,31)34-18-8-4-6-16(12-18)14-32(15-21(33)23(27,28)29)17-7-5-11-20(13-17)35-19-9-2-1-3-10-19;1-2/h1-13,21-22,33H,14-15H2;1-2H3. The molecule has 0 radical (unpaired) electrons. The Bertz CT molecular complexity index is 1100. The molecule has 0 aromatic heterocycles. The van der Waals surface area contributed by atoms with E-state index in [-0.39, 0.29) is 12.1 Å². The van der Waals surface area contributed by atoms with Crippen molar-refractivity contribution in [3.8, 4) is 5.75 Å². The van der Waals surface area contributed by atoms with Crippen LogP contribution in [0.3, 0.4) is 0 Å². The summed E-state index contributed by atoms with van der Waals surface area (Å²) in [5, 5.41) is 9.69. The Morgan fingerprint density at radius 1 is 0.838 bits per heavy atom. The van der Waals surface area contributed by atoms with Crippen molar-refractivity contribution in [2.24, 2.45) is 0 Å². The third kappa shape index (κ3) is 9.47. The van der Waals surface area contributed by atoms with Gasteiger partial charge < -0.3 is 14.7 Å². The molecule has 0 amide bonds. The molecule has 3 nitrogen and oxygen atoms in total. The molecule has 0 bridgehead atoms. The van der Waals surface area contributed by atoms with Crippen molar-refractivity contribution >= 4 is 17.4 Å². The molecule has 1 N–H and O–H groups in total. The lowest BCUT2D eigenvalue weighted by Crippen LogP contribution is -2.40. The number of aliphatic hydroxyl groups excluding tert-OH is 1. The predicted octanol–water partition coefficient (Wildman–Crippen LogP) is 8.03. The highest BCUT2D eigenvalue weighted by atomic mass is 32.2. The summed E-state index contributed by atoms with van der Waals surface area (Å²) in [7, 11) is 0. The van der Waals surface area contributed by atoms with Gasteiger partial charge in [0.05, 0.1) is 6.54 Å². The van der Waals surface area contributed by atoms with Gasteiger partial charge in [0, 0.05) is 22.0 Å². The number of benzene rings is 3. The van der Waals surface area contributed by atoms with Gasteiger partial charge in [0.25, 0.3) is 0 Å². The monoisotopic (exact) mass is 549 g/mol. The fourth-order valence-corrected chi connectivity index (χ4v) is 3.96. The number of ether oxygens (including phenoxy) is 1. The molecule has 1 unspecified atom stereocenters. The van der Waals surface area contributed by atoms with Gasteiger partial charge in [-0.2, -0.15) is 30.7 Å². The highest BCUT2D eigenvalue weighted by molar-refractivity contribution is 7.99. The molecular formula is C26H26F7NO2S. The van der Waals surface area contributed by atoms with Crippen molar-refractivity contribution in [1.82, 2.24) is 0 Å². The molecule has 202 valence electrons. The van der Waals surface area contributed by atoms with Crippen LogP contribution >= 0.6 is 11.8 Å². The fourth-order valence-electron chi connectivity index (χ4n) is 3.07. The fraction of sp³-hybridized carbons (Fsp3) is 0.308. The summed E-state index contributed by atoms with van der Waals surface area (Å²) in [6, 6.07) is 20.6. The minimum atomic E-state index is -4.89. The normalized spacial score (nSPS) is 12.5. The number of alkyl halides is 7. The lowest BCUT2D eigenvalue weighted by Gasteiger charge is -2.29. The number of hydrogen-bond acceptors (Lipinski definition) is 4. The van der Waals surface area contributed by atoms with Crippen molar-refractivity contribution in [3.05, 3.63) is 84.4 Å². The van der Waals surface area contributed by atoms with Gasteiger partial charge in [0.15, 0.2) is 6.10 Å². The summed E-state index contributed by atoms with van der Waals surface area (Å²) in [6.07, 6.45) is -16.4. The van der Waals surface area contributed by atoms with E-state index in [1.54, 1.807) is 24.3 Å². The minimum Gasteiger partial charge on any atom is -0.428 e. The van der Waals surface area contributed by atoms with Crippen LogP contribution in [-0.4, -0.2) is 36.5 Å². The Morgan fingerprint density at radius 3 is 2.08 bits per heavy atom. The number of aliphatic hydroxyl groups is 1. The van der Waals surface area contributed by atoms with Gasteiger partial charge in [0.1, 0.15) is 5.75 Å². The first-order valence-electron chi connectivity index (χ1n) is 11.2. The summed E-state index contributed by atoms with van der Waals surface area (Å²) in [5.41, 5.74) is 0.543. The van der Waals surface area contributed by atoms with E-state index in [9.17, 15) is 35.8 Å². The third-order valence-corrected chi connectivity index (χ3v) is 5.71. The quantitative estimate of drug-likeness (QED) is 0.260. The Labute approximate surface area is 214 Å². The zero-order valence-electron chi connectivity index (χ0n) is 19.9. The minimum absolute atomic E-state index is 0.211. The Kier molecular flexibility index (Phi) is 11.1.